The van der Waals surface area contributed by atoms with Gasteiger partial charge in [0.1, 0.15) is 35.9 Å². The number of carboxylic acids is 1. The van der Waals surface area contributed by atoms with Gasteiger partial charge in [-0.3, -0.25) is 4.79 Å². The Morgan fingerprint density at radius 1 is 1.12 bits per heavy atom. The molecule has 2 rings (SSSR count). The highest BCUT2D eigenvalue weighted by Crippen LogP contribution is 2.38. The molecule has 26 heavy (non-hydrogen) atoms. The Labute approximate surface area is 151 Å². The molecule has 0 unspecified atom stereocenters. The van der Waals surface area contributed by atoms with E-state index in [0.29, 0.717) is 37.2 Å². The fraction of sp³-hybridized carbons (Fsp3) is 0.611. The van der Waals surface area contributed by atoms with E-state index < -0.39 is 36.5 Å². The molecule has 0 bridgehead atoms. The molecule has 1 aliphatic rings. The minimum Gasteiger partial charge on any atom is -0.508 e. The fourth-order valence-corrected chi connectivity index (χ4v) is 2.93. The first-order valence-electron chi connectivity index (χ1n) is 8.68. The number of carboxylic acid groups (broad SMARTS) is 1. The number of aliphatic hydroxyl groups is 3. The minimum atomic E-state index is -1.36. The van der Waals surface area contributed by atoms with Crippen molar-refractivity contribution >= 4 is 5.97 Å². The predicted molar refractivity (Wildman–Crippen MR) is 91.0 cm³/mol. The van der Waals surface area contributed by atoms with Crippen molar-refractivity contribution in [1.82, 2.24) is 0 Å². The monoisotopic (exact) mass is 370 g/mol. The number of carbonyl (C=O) groups is 1. The topological polar surface area (TPSA) is 137 Å². The zero-order chi connectivity index (χ0) is 19.3. The molecule has 146 valence electrons. The molecule has 8 heteroatoms. The number of aromatic hydroxyl groups is 1. The zero-order valence-corrected chi connectivity index (χ0v) is 14.6. The largest absolute Gasteiger partial charge is 0.508 e. The van der Waals surface area contributed by atoms with Crippen LogP contribution >= 0.6 is 0 Å². The quantitative estimate of drug-likeness (QED) is 0.427. The summed E-state index contributed by atoms with van der Waals surface area (Å²) in [6, 6.07) is 4.36. The lowest BCUT2D eigenvalue weighted by atomic mass is 9.91. The number of phenolic OH excluding ortho intramolecular Hbond substituents is 1. The van der Waals surface area contributed by atoms with E-state index in [1.807, 2.05) is 0 Å². The number of hydrogen-bond acceptors (Lipinski definition) is 7. The van der Waals surface area contributed by atoms with Gasteiger partial charge >= 0.3 is 5.97 Å². The summed E-state index contributed by atoms with van der Waals surface area (Å²) in [6.45, 7) is 1.90. The van der Waals surface area contributed by atoms with Crippen molar-refractivity contribution in [2.24, 2.45) is 0 Å². The van der Waals surface area contributed by atoms with Crippen LogP contribution in [0.1, 0.15) is 44.3 Å². The second-order valence-electron chi connectivity index (χ2n) is 6.51. The third-order valence-electron chi connectivity index (χ3n) is 4.45. The lowest BCUT2D eigenvalue weighted by Crippen LogP contribution is -2.53. The first-order chi connectivity index (χ1) is 12.3. The lowest BCUT2D eigenvalue weighted by Gasteiger charge is -2.40. The van der Waals surface area contributed by atoms with Crippen LogP contribution in [0.2, 0.25) is 0 Å². The molecule has 1 aromatic carbocycles. The van der Waals surface area contributed by atoms with Gasteiger partial charge in [0.25, 0.3) is 0 Å². The van der Waals surface area contributed by atoms with Gasteiger partial charge in [0.05, 0.1) is 12.7 Å². The van der Waals surface area contributed by atoms with E-state index in [2.05, 4.69) is 0 Å². The number of aliphatic carboxylic acids is 1. The number of ether oxygens (including phenoxy) is 2. The maximum absolute atomic E-state index is 10.5. The van der Waals surface area contributed by atoms with Crippen molar-refractivity contribution in [1.29, 1.82) is 0 Å². The Kier molecular flexibility index (Phi) is 7.22. The normalized spacial score (nSPS) is 28.7. The maximum atomic E-state index is 10.5. The van der Waals surface area contributed by atoms with Crippen LogP contribution in [-0.4, -0.2) is 62.5 Å². The van der Waals surface area contributed by atoms with Gasteiger partial charge in [0, 0.05) is 18.1 Å². The molecule has 1 aromatic rings. The third-order valence-corrected chi connectivity index (χ3v) is 4.45. The second kappa shape index (κ2) is 9.18. The zero-order valence-electron chi connectivity index (χ0n) is 14.6. The molecule has 0 saturated carbocycles. The molecule has 5 N–H and O–H groups in total. The van der Waals surface area contributed by atoms with Gasteiger partial charge in [-0.2, -0.15) is 0 Å². The molecule has 1 saturated heterocycles. The second-order valence-corrected chi connectivity index (χ2v) is 6.51. The molecule has 1 heterocycles. The van der Waals surface area contributed by atoms with Crippen molar-refractivity contribution in [2.45, 2.75) is 63.1 Å². The highest BCUT2D eigenvalue weighted by atomic mass is 16.5. The average molecular weight is 370 g/mol. The molecule has 8 nitrogen and oxygen atoms in total. The van der Waals surface area contributed by atoms with Crippen LogP contribution in [0.15, 0.2) is 18.2 Å². The summed E-state index contributed by atoms with van der Waals surface area (Å²) in [6.07, 6.45) is -3.52. The number of benzene rings is 1. The van der Waals surface area contributed by atoms with Gasteiger partial charge in [-0.05, 0) is 38.3 Å². The fourth-order valence-electron chi connectivity index (χ4n) is 2.93. The molecule has 1 aliphatic heterocycles. The van der Waals surface area contributed by atoms with Crippen LogP contribution in [0, 0.1) is 0 Å². The molecule has 1 fully saturated rings. The average Bonchev–Trinajstić information content (AvgIpc) is 2.59. The van der Waals surface area contributed by atoms with Crippen molar-refractivity contribution in [2.75, 3.05) is 6.61 Å². The number of rotatable bonds is 8. The van der Waals surface area contributed by atoms with E-state index in [-0.39, 0.29) is 12.2 Å². The first-order valence-corrected chi connectivity index (χ1v) is 8.68. The van der Waals surface area contributed by atoms with E-state index in [4.69, 9.17) is 14.6 Å². The molecular formula is C18H26O8. The van der Waals surface area contributed by atoms with E-state index in [1.54, 1.807) is 13.0 Å². The van der Waals surface area contributed by atoms with E-state index in [0.717, 1.165) is 0 Å². The predicted octanol–water partition coefficient (Wildman–Crippen LogP) is 0.958. The summed E-state index contributed by atoms with van der Waals surface area (Å²) in [4.78, 5) is 10.5. The first kappa shape index (κ1) is 20.4. The van der Waals surface area contributed by atoms with Crippen LogP contribution in [0.3, 0.4) is 0 Å². The maximum Gasteiger partial charge on any atom is 0.303 e. The van der Waals surface area contributed by atoms with E-state index in [1.165, 1.54) is 12.1 Å². The van der Waals surface area contributed by atoms with Crippen LogP contribution in [0.25, 0.3) is 0 Å². The SMILES string of the molecule is C[C@@H]1O[C@H](c2ccc(O)cc2OCCCCCC(=O)O)[C@@H](O)[C@H](O)[C@@H]1O. The summed E-state index contributed by atoms with van der Waals surface area (Å²) in [5.74, 6) is -0.545. The number of unbranched alkanes of at least 4 members (excludes halogenated alkanes) is 2. The highest BCUT2D eigenvalue weighted by Gasteiger charge is 2.43. The molecular weight excluding hydrogens is 344 g/mol. The molecule has 0 amide bonds. The third kappa shape index (κ3) is 5.07. The Morgan fingerprint density at radius 3 is 2.54 bits per heavy atom. The molecule has 5 atom stereocenters. The van der Waals surface area contributed by atoms with Crippen molar-refractivity contribution < 1.29 is 39.8 Å². The summed E-state index contributed by atoms with van der Waals surface area (Å²) in [5, 5.41) is 48.4. The summed E-state index contributed by atoms with van der Waals surface area (Å²) < 4.78 is 11.3. The van der Waals surface area contributed by atoms with Crippen LogP contribution in [-0.2, 0) is 9.53 Å². The molecule has 0 aromatic heterocycles. The van der Waals surface area contributed by atoms with Crippen molar-refractivity contribution in [3.05, 3.63) is 23.8 Å². The lowest BCUT2D eigenvalue weighted by molar-refractivity contribution is -0.219. The van der Waals surface area contributed by atoms with Crippen molar-refractivity contribution in [3.63, 3.8) is 0 Å². The van der Waals surface area contributed by atoms with Gasteiger partial charge in [-0.1, -0.05) is 0 Å². The van der Waals surface area contributed by atoms with Crippen molar-refractivity contribution in [3.8, 4) is 11.5 Å². The summed E-state index contributed by atoms with van der Waals surface area (Å²) >= 11 is 0. The Bertz CT molecular complexity index is 605. The van der Waals surface area contributed by atoms with Crippen LogP contribution in [0.5, 0.6) is 11.5 Å². The smallest absolute Gasteiger partial charge is 0.303 e. The Morgan fingerprint density at radius 2 is 1.85 bits per heavy atom. The summed E-state index contributed by atoms with van der Waals surface area (Å²) in [5.41, 5.74) is 0.457. The number of aliphatic hydroxyl groups excluding tert-OH is 3. The van der Waals surface area contributed by atoms with Crippen LogP contribution < -0.4 is 4.74 Å². The van der Waals surface area contributed by atoms with Gasteiger partial charge in [-0.25, -0.2) is 0 Å². The molecule has 0 radical (unpaired) electrons. The molecule has 0 spiro atoms. The van der Waals surface area contributed by atoms with Gasteiger partial charge < -0.3 is 35.0 Å². The minimum absolute atomic E-state index is 0.0199. The van der Waals surface area contributed by atoms with Gasteiger partial charge in [0.2, 0.25) is 0 Å². The van der Waals surface area contributed by atoms with Gasteiger partial charge in [-0.15, -0.1) is 0 Å². The number of hydrogen-bond donors (Lipinski definition) is 5. The van der Waals surface area contributed by atoms with Crippen LogP contribution in [0.4, 0.5) is 0 Å². The standard InChI is InChI=1S/C18H26O8/c1-10-15(22)16(23)17(24)18(26-10)12-7-6-11(19)9-13(12)25-8-4-2-3-5-14(20)21/h6-7,9-10,15-19,22-24H,2-5,8H2,1H3,(H,20,21)/t10-,15+,16+,17-,18+/m0/s1. The number of phenols is 1. The Balaban J connectivity index is 2.04. The summed E-state index contributed by atoms with van der Waals surface area (Å²) in [7, 11) is 0. The van der Waals surface area contributed by atoms with E-state index in [9.17, 15) is 25.2 Å². The van der Waals surface area contributed by atoms with Gasteiger partial charge in [0.15, 0.2) is 0 Å². The highest BCUT2D eigenvalue weighted by molar-refractivity contribution is 5.66. The van der Waals surface area contributed by atoms with E-state index >= 15 is 0 Å². The molecule has 0 aliphatic carbocycles. The Hall–Kier alpha value is -1.87.